The summed E-state index contributed by atoms with van der Waals surface area (Å²) in [6, 6.07) is 16.6. The van der Waals surface area contributed by atoms with Crippen molar-refractivity contribution >= 4 is 45.5 Å². The van der Waals surface area contributed by atoms with Gasteiger partial charge in [-0.05, 0) is 43.3 Å². The predicted octanol–water partition coefficient (Wildman–Crippen LogP) is 5.70. The van der Waals surface area contributed by atoms with Crippen molar-refractivity contribution in [3.8, 4) is 17.6 Å². The number of aromatic nitrogens is 2. The van der Waals surface area contributed by atoms with Gasteiger partial charge in [0.05, 0.1) is 53.0 Å². The van der Waals surface area contributed by atoms with Crippen molar-refractivity contribution < 1.29 is 19.0 Å². The molecule has 2 saturated heterocycles. The van der Waals surface area contributed by atoms with Crippen LogP contribution in [0.3, 0.4) is 0 Å². The highest BCUT2D eigenvalue weighted by atomic mass is 35.5. The number of benzene rings is 2. The van der Waals surface area contributed by atoms with Crippen LogP contribution in [0.25, 0.3) is 10.9 Å². The van der Waals surface area contributed by atoms with Gasteiger partial charge in [0.25, 0.3) is 0 Å². The average Bonchev–Trinajstić information content (AvgIpc) is 2.98. The average molecular weight is 611 g/mol. The van der Waals surface area contributed by atoms with Crippen molar-refractivity contribution in [2.75, 3.05) is 50.1 Å². The highest BCUT2D eigenvalue weighted by Gasteiger charge is 2.48. The van der Waals surface area contributed by atoms with E-state index >= 15 is 0 Å². The van der Waals surface area contributed by atoms with E-state index in [1.54, 1.807) is 30.5 Å². The van der Waals surface area contributed by atoms with Crippen molar-refractivity contribution in [2.45, 2.75) is 13.5 Å². The molecule has 2 aromatic carbocycles. The minimum atomic E-state index is -0.278. The quantitative estimate of drug-likeness (QED) is 0.206. The number of hydrogen-bond acceptors (Lipinski definition) is 9. The molecule has 0 saturated carbocycles. The van der Waals surface area contributed by atoms with Crippen LogP contribution in [0.1, 0.15) is 18.2 Å². The van der Waals surface area contributed by atoms with E-state index in [0.717, 1.165) is 32.0 Å². The van der Waals surface area contributed by atoms with E-state index in [0.29, 0.717) is 68.6 Å². The highest BCUT2D eigenvalue weighted by molar-refractivity contribution is 6.32. The zero-order chi connectivity index (χ0) is 30.5. The fourth-order valence-electron chi connectivity index (χ4n) is 5.38. The first-order valence-corrected chi connectivity index (χ1v) is 14.7. The van der Waals surface area contributed by atoms with Gasteiger partial charge in [-0.2, -0.15) is 5.26 Å². The van der Waals surface area contributed by atoms with E-state index in [-0.39, 0.29) is 12.5 Å². The first-order chi connectivity index (χ1) is 21.4. The molecular weight excluding hydrogens is 580 g/mol. The van der Waals surface area contributed by atoms with Crippen LogP contribution in [-0.4, -0.2) is 60.2 Å². The number of carbonyl (C=O) groups is 1. The number of fused-ring (bicyclic) bond motifs is 1. The molecule has 0 aliphatic carbocycles. The summed E-state index contributed by atoms with van der Waals surface area (Å²) < 4.78 is 17.0. The maximum absolute atomic E-state index is 12.9. The van der Waals surface area contributed by atoms with Crippen LogP contribution >= 0.6 is 11.6 Å². The second kappa shape index (κ2) is 12.9. The molecule has 6 rings (SSSR count). The molecule has 2 fully saturated rings. The van der Waals surface area contributed by atoms with Gasteiger partial charge in [0, 0.05) is 60.7 Å². The molecule has 10 nitrogen and oxygen atoms in total. The van der Waals surface area contributed by atoms with Crippen LogP contribution in [0.5, 0.6) is 11.5 Å². The van der Waals surface area contributed by atoms with Gasteiger partial charge in [0.2, 0.25) is 5.91 Å². The Bertz CT molecular complexity index is 1750. The summed E-state index contributed by atoms with van der Waals surface area (Å²) in [5.41, 5.74) is 3.68. The Morgan fingerprint density at radius 1 is 1.16 bits per heavy atom. The number of nitrogens with one attached hydrogen (secondary N) is 2. The molecule has 0 radical (unpaired) electrons. The SMILES string of the molecule is CCOc1cc2ncc(C#N)c(Nc3ccc(OCc4ccccn4)c(Cl)c3)c2cc1NC(=O)/C=C/CN1CC2(COC2)C1. The molecule has 4 heterocycles. The molecule has 224 valence electrons. The first-order valence-electron chi connectivity index (χ1n) is 14.3. The number of amides is 1. The maximum Gasteiger partial charge on any atom is 0.248 e. The highest BCUT2D eigenvalue weighted by Crippen LogP contribution is 2.38. The van der Waals surface area contributed by atoms with Gasteiger partial charge < -0.3 is 24.8 Å². The summed E-state index contributed by atoms with van der Waals surface area (Å²) in [6.07, 6.45) is 6.60. The van der Waals surface area contributed by atoms with Crippen molar-refractivity contribution in [1.29, 1.82) is 5.26 Å². The molecule has 2 aliphatic rings. The lowest BCUT2D eigenvalue weighted by atomic mass is 9.78. The largest absolute Gasteiger partial charge is 0.492 e. The summed E-state index contributed by atoms with van der Waals surface area (Å²) >= 11 is 6.55. The monoisotopic (exact) mass is 610 g/mol. The van der Waals surface area contributed by atoms with E-state index in [1.807, 2.05) is 37.3 Å². The minimum absolute atomic E-state index is 0.278. The van der Waals surface area contributed by atoms with Crippen molar-refractivity contribution in [1.82, 2.24) is 14.9 Å². The molecule has 2 aromatic heterocycles. The Morgan fingerprint density at radius 3 is 2.73 bits per heavy atom. The van der Waals surface area contributed by atoms with Gasteiger partial charge in [-0.3, -0.25) is 19.7 Å². The Labute approximate surface area is 260 Å². The molecule has 2 N–H and O–H groups in total. The third-order valence-electron chi connectivity index (χ3n) is 7.52. The minimum Gasteiger partial charge on any atom is -0.492 e. The van der Waals surface area contributed by atoms with Crippen LogP contribution in [0.4, 0.5) is 17.1 Å². The van der Waals surface area contributed by atoms with E-state index in [2.05, 4.69) is 31.6 Å². The molecule has 11 heteroatoms. The Morgan fingerprint density at radius 2 is 2.02 bits per heavy atom. The lowest BCUT2D eigenvalue weighted by Crippen LogP contribution is -2.65. The van der Waals surface area contributed by atoms with Gasteiger partial charge in [-0.1, -0.05) is 23.7 Å². The number of nitrogens with zero attached hydrogens (tertiary/aromatic N) is 4. The first kappa shape index (κ1) is 29.4. The van der Waals surface area contributed by atoms with E-state index in [4.69, 9.17) is 25.8 Å². The third kappa shape index (κ3) is 6.45. The number of halogens is 1. The topological polar surface area (TPSA) is 122 Å². The van der Waals surface area contributed by atoms with Crippen LogP contribution < -0.4 is 20.1 Å². The number of rotatable bonds is 11. The zero-order valence-corrected chi connectivity index (χ0v) is 24.9. The summed E-state index contributed by atoms with van der Waals surface area (Å²) in [7, 11) is 0. The van der Waals surface area contributed by atoms with Gasteiger partial charge in [0.15, 0.2) is 0 Å². The number of nitriles is 1. The van der Waals surface area contributed by atoms with Crippen molar-refractivity contribution in [3.63, 3.8) is 0 Å². The number of hydrogen-bond donors (Lipinski definition) is 2. The standard InChI is InChI=1S/C33H31ClN6O4/c1-2-43-30-14-27-25(13-28(30)39-31(41)7-5-11-40-18-33(19-40)20-42-21-33)32(22(15-35)16-37-27)38-23-8-9-29(26(34)12-23)44-17-24-6-3-4-10-36-24/h3-10,12-14,16H,2,11,17-21H2,1H3,(H,37,38)(H,39,41)/b7-5+. The van der Waals surface area contributed by atoms with Gasteiger partial charge >= 0.3 is 0 Å². The molecule has 44 heavy (non-hydrogen) atoms. The second-order valence-electron chi connectivity index (χ2n) is 10.9. The molecule has 2 aliphatic heterocycles. The van der Waals surface area contributed by atoms with E-state index in [9.17, 15) is 10.1 Å². The maximum atomic E-state index is 12.9. The van der Waals surface area contributed by atoms with Gasteiger partial charge in [-0.25, -0.2) is 0 Å². The van der Waals surface area contributed by atoms with Gasteiger partial charge in [-0.15, -0.1) is 0 Å². The fraction of sp³-hybridized carbons (Fsp3) is 0.273. The molecule has 1 amide bonds. The number of pyridine rings is 2. The Kier molecular flexibility index (Phi) is 8.61. The Balaban J connectivity index is 1.21. The molecule has 0 atom stereocenters. The third-order valence-corrected chi connectivity index (χ3v) is 7.81. The fourth-order valence-corrected chi connectivity index (χ4v) is 5.61. The van der Waals surface area contributed by atoms with Crippen molar-refractivity contribution in [3.05, 3.63) is 89.4 Å². The lowest BCUT2D eigenvalue weighted by molar-refractivity contribution is -0.186. The van der Waals surface area contributed by atoms with Crippen molar-refractivity contribution in [2.24, 2.45) is 5.41 Å². The number of ether oxygens (including phenoxy) is 3. The summed E-state index contributed by atoms with van der Waals surface area (Å²) in [5.74, 6) is 0.713. The predicted molar refractivity (Wildman–Crippen MR) is 168 cm³/mol. The van der Waals surface area contributed by atoms with Gasteiger partial charge in [0.1, 0.15) is 24.2 Å². The number of likely N-dealkylation sites (tertiary alicyclic amines) is 1. The molecule has 0 unspecified atom stereocenters. The van der Waals surface area contributed by atoms with Crippen LogP contribution in [-0.2, 0) is 16.1 Å². The zero-order valence-electron chi connectivity index (χ0n) is 24.2. The number of carbonyl (C=O) groups excluding carboxylic acids is 1. The smallest absolute Gasteiger partial charge is 0.248 e. The van der Waals surface area contributed by atoms with Crippen LogP contribution in [0.15, 0.2) is 73.1 Å². The van der Waals surface area contributed by atoms with Crippen LogP contribution in [0, 0.1) is 16.7 Å². The summed E-state index contributed by atoms with van der Waals surface area (Å²) in [6.45, 7) is 6.89. The van der Waals surface area contributed by atoms with Crippen LogP contribution in [0.2, 0.25) is 5.02 Å². The number of anilines is 3. The van der Waals surface area contributed by atoms with E-state index in [1.165, 1.54) is 12.3 Å². The summed E-state index contributed by atoms with van der Waals surface area (Å²) in [4.78, 5) is 23.9. The second-order valence-corrected chi connectivity index (χ2v) is 11.3. The molecule has 4 aromatic rings. The normalized spacial score (nSPS) is 15.4. The Hall–Kier alpha value is -4.69. The lowest BCUT2D eigenvalue weighted by Gasteiger charge is -2.54. The molecular formula is C33H31ClN6O4. The molecule has 1 spiro atoms. The van der Waals surface area contributed by atoms with E-state index < -0.39 is 0 Å². The molecule has 0 bridgehead atoms. The summed E-state index contributed by atoms with van der Waals surface area (Å²) in [5, 5.41) is 17.2.